The second kappa shape index (κ2) is 9.05. The minimum atomic E-state index is -4.52. The summed E-state index contributed by atoms with van der Waals surface area (Å²) >= 11 is 0. The Labute approximate surface area is 157 Å². The van der Waals surface area contributed by atoms with Gasteiger partial charge >= 0.3 is 12.1 Å². The molecule has 0 spiro atoms. The van der Waals surface area contributed by atoms with E-state index in [1.54, 1.807) is 6.92 Å². The van der Waals surface area contributed by atoms with E-state index in [9.17, 15) is 26.4 Å². The third kappa shape index (κ3) is 6.49. The molecular weight excluding hydrogens is 385 g/mol. The lowest BCUT2D eigenvalue weighted by atomic mass is 9.85. The summed E-state index contributed by atoms with van der Waals surface area (Å²) in [5, 5.41) is 0. The standard InChI is InChI=1S/C18H23F3O5S/c1-2-25-17(22)12-5-13-3-8-15(9-4-13)26-27(23,24)16-10-6-14(7-11-16)18(19,20)21/h6-7,10-11,13,15H,2-5,8-9,12H2,1H3. The molecule has 2 rings (SSSR count). The van der Waals surface area contributed by atoms with Crippen LogP contribution in [0.5, 0.6) is 0 Å². The van der Waals surface area contributed by atoms with E-state index in [1.807, 2.05) is 0 Å². The van der Waals surface area contributed by atoms with Crippen LogP contribution in [0.2, 0.25) is 0 Å². The number of carbonyl (C=O) groups excluding carboxylic acids is 1. The number of esters is 1. The fourth-order valence-electron chi connectivity index (χ4n) is 3.12. The zero-order valence-electron chi connectivity index (χ0n) is 15.0. The summed E-state index contributed by atoms with van der Waals surface area (Å²) in [7, 11) is -4.11. The summed E-state index contributed by atoms with van der Waals surface area (Å²) in [5.41, 5.74) is -0.913. The van der Waals surface area contributed by atoms with Gasteiger partial charge in [0.05, 0.1) is 23.2 Å². The molecule has 0 unspecified atom stereocenters. The molecule has 0 saturated heterocycles. The predicted molar refractivity (Wildman–Crippen MR) is 91.3 cm³/mol. The van der Waals surface area contributed by atoms with E-state index in [-0.39, 0.29) is 10.9 Å². The van der Waals surface area contributed by atoms with Crippen molar-refractivity contribution in [2.24, 2.45) is 5.92 Å². The van der Waals surface area contributed by atoms with E-state index in [2.05, 4.69) is 0 Å². The van der Waals surface area contributed by atoms with Gasteiger partial charge in [0.15, 0.2) is 0 Å². The molecule has 152 valence electrons. The van der Waals surface area contributed by atoms with Gasteiger partial charge in [0, 0.05) is 6.42 Å². The van der Waals surface area contributed by atoms with Crippen LogP contribution in [-0.4, -0.2) is 27.1 Å². The van der Waals surface area contributed by atoms with Crippen LogP contribution >= 0.6 is 0 Å². The van der Waals surface area contributed by atoms with Crippen molar-refractivity contribution in [3.63, 3.8) is 0 Å². The molecule has 1 aromatic rings. The van der Waals surface area contributed by atoms with Gasteiger partial charge in [0.25, 0.3) is 10.1 Å². The van der Waals surface area contributed by atoms with Gasteiger partial charge in [0.2, 0.25) is 0 Å². The lowest BCUT2D eigenvalue weighted by Crippen LogP contribution is -2.25. The fraction of sp³-hybridized carbons (Fsp3) is 0.611. The number of ether oxygens (including phenoxy) is 1. The lowest BCUT2D eigenvalue weighted by Gasteiger charge is -2.27. The van der Waals surface area contributed by atoms with Crippen LogP contribution in [0, 0.1) is 5.92 Å². The van der Waals surface area contributed by atoms with Gasteiger partial charge in [-0.3, -0.25) is 8.98 Å². The summed E-state index contributed by atoms with van der Waals surface area (Å²) in [4.78, 5) is 11.1. The number of hydrogen-bond acceptors (Lipinski definition) is 5. The first-order valence-corrected chi connectivity index (χ1v) is 10.3. The third-order valence-corrected chi connectivity index (χ3v) is 5.96. The molecule has 0 radical (unpaired) electrons. The van der Waals surface area contributed by atoms with Gasteiger partial charge in [-0.1, -0.05) is 0 Å². The van der Waals surface area contributed by atoms with E-state index >= 15 is 0 Å². The average molecular weight is 408 g/mol. The SMILES string of the molecule is CCOC(=O)CCC1CCC(OS(=O)(=O)c2ccc(C(F)(F)F)cc2)CC1. The van der Waals surface area contributed by atoms with Crippen molar-refractivity contribution < 1.29 is 35.3 Å². The number of alkyl halides is 3. The molecule has 1 aromatic carbocycles. The molecule has 1 saturated carbocycles. The first-order valence-electron chi connectivity index (χ1n) is 8.88. The molecule has 0 aromatic heterocycles. The van der Waals surface area contributed by atoms with Crippen molar-refractivity contribution in [2.45, 2.75) is 62.6 Å². The molecule has 0 bridgehead atoms. The van der Waals surface area contributed by atoms with Crippen molar-refractivity contribution in [2.75, 3.05) is 6.61 Å². The van der Waals surface area contributed by atoms with Crippen LogP contribution in [0.15, 0.2) is 29.2 Å². The topological polar surface area (TPSA) is 69.7 Å². The van der Waals surface area contributed by atoms with Crippen LogP contribution in [0.3, 0.4) is 0 Å². The molecular formula is C18H23F3O5S. The number of benzene rings is 1. The molecule has 27 heavy (non-hydrogen) atoms. The van der Waals surface area contributed by atoms with E-state index in [0.717, 1.165) is 37.1 Å². The Hall–Kier alpha value is -1.61. The quantitative estimate of drug-likeness (QED) is 0.497. The highest BCUT2D eigenvalue weighted by Gasteiger charge is 2.32. The highest BCUT2D eigenvalue weighted by Crippen LogP contribution is 2.33. The molecule has 1 aliphatic rings. The number of carbonyl (C=O) groups is 1. The second-order valence-corrected chi connectivity index (χ2v) is 8.13. The minimum Gasteiger partial charge on any atom is -0.466 e. The van der Waals surface area contributed by atoms with Crippen LogP contribution in [0.4, 0.5) is 13.2 Å². The first-order chi connectivity index (χ1) is 12.6. The first kappa shape index (κ1) is 21.7. The molecule has 5 nitrogen and oxygen atoms in total. The molecule has 0 amide bonds. The highest BCUT2D eigenvalue weighted by molar-refractivity contribution is 7.86. The van der Waals surface area contributed by atoms with Gasteiger partial charge in [-0.15, -0.1) is 0 Å². The summed E-state index contributed by atoms with van der Waals surface area (Å²) in [6, 6.07) is 3.26. The molecule has 1 aliphatic carbocycles. The van der Waals surface area contributed by atoms with Gasteiger partial charge in [-0.05, 0) is 69.2 Å². The van der Waals surface area contributed by atoms with Crippen LogP contribution in [0.25, 0.3) is 0 Å². The van der Waals surface area contributed by atoms with Crippen LogP contribution in [0.1, 0.15) is 51.0 Å². The highest BCUT2D eigenvalue weighted by atomic mass is 32.2. The lowest BCUT2D eigenvalue weighted by molar-refractivity contribution is -0.143. The van der Waals surface area contributed by atoms with Crippen molar-refractivity contribution in [1.82, 2.24) is 0 Å². The van der Waals surface area contributed by atoms with Crippen molar-refractivity contribution in [3.05, 3.63) is 29.8 Å². The Bertz CT molecular complexity index is 720. The predicted octanol–water partition coefficient (Wildman–Crippen LogP) is 4.31. The Morgan fingerprint density at radius 2 is 1.70 bits per heavy atom. The van der Waals surface area contributed by atoms with Gasteiger partial charge in [0.1, 0.15) is 0 Å². The zero-order chi connectivity index (χ0) is 20.1. The Morgan fingerprint density at radius 3 is 2.22 bits per heavy atom. The smallest absolute Gasteiger partial charge is 0.416 e. The largest absolute Gasteiger partial charge is 0.466 e. The number of rotatable bonds is 7. The summed E-state index contributed by atoms with van der Waals surface area (Å²) in [5.74, 6) is 0.0729. The maximum Gasteiger partial charge on any atom is 0.416 e. The molecule has 1 fully saturated rings. The molecule has 0 heterocycles. The second-order valence-electron chi connectivity index (χ2n) is 6.56. The minimum absolute atomic E-state index is 0.235. The van der Waals surface area contributed by atoms with Crippen molar-refractivity contribution in [3.8, 4) is 0 Å². The van der Waals surface area contributed by atoms with Gasteiger partial charge in [-0.25, -0.2) is 0 Å². The van der Waals surface area contributed by atoms with E-state index in [0.29, 0.717) is 38.2 Å². The van der Waals surface area contributed by atoms with E-state index < -0.39 is 28.0 Å². The maximum atomic E-state index is 12.6. The van der Waals surface area contributed by atoms with Crippen molar-refractivity contribution in [1.29, 1.82) is 0 Å². The molecule has 0 aliphatic heterocycles. The van der Waals surface area contributed by atoms with Gasteiger partial charge in [-0.2, -0.15) is 21.6 Å². The van der Waals surface area contributed by atoms with Crippen LogP contribution in [-0.2, 0) is 30.0 Å². The summed E-state index contributed by atoms with van der Waals surface area (Å²) < 4.78 is 72.3. The Balaban J connectivity index is 1.86. The van der Waals surface area contributed by atoms with Crippen LogP contribution < -0.4 is 0 Å². The molecule has 0 N–H and O–H groups in total. The zero-order valence-corrected chi connectivity index (χ0v) is 15.8. The van der Waals surface area contributed by atoms with E-state index in [4.69, 9.17) is 8.92 Å². The molecule has 9 heteroatoms. The van der Waals surface area contributed by atoms with E-state index in [1.165, 1.54) is 0 Å². The van der Waals surface area contributed by atoms with Crippen molar-refractivity contribution >= 4 is 16.1 Å². The monoisotopic (exact) mass is 408 g/mol. The fourth-order valence-corrected chi connectivity index (χ4v) is 4.25. The third-order valence-electron chi connectivity index (χ3n) is 4.59. The molecule has 0 atom stereocenters. The normalized spacial score (nSPS) is 21.0. The summed E-state index contributed by atoms with van der Waals surface area (Å²) in [6.45, 7) is 2.10. The Kier molecular flexibility index (Phi) is 7.27. The average Bonchev–Trinajstić information content (AvgIpc) is 2.60. The number of halogens is 3. The number of hydrogen-bond donors (Lipinski definition) is 0. The summed E-state index contributed by atoms with van der Waals surface area (Å²) in [6.07, 6.45) is -1.49. The van der Waals surface area contributed by atoms with Gasteiger partial charge < -0.3 is 4.74 Å². The maximum absolute atomic E-state index is 12.6. The Morgan fingerprint density at radius 1 is 1.11 bits per heavy atom.